The number of carbonyl (C=O) groups is 1. The second-order valence-corrected chi connectivity index (χ2v) is 4.40. The molecule has 0 saturated carbocycles. The minimum atomic E-state index is -0.0153. The predicted octanol–water partition coefficient (Wildman–Crippen LogP) is 2.54. The van der Waals surface area contributed by atoms with Crippen LogP contribution in [0.25, 0.3) is 0 Å². The zero-order chi connectivity index (χ0) is 13.7. The third kappa shape index (κ3) is 3.81. The Morgan fingerprint density at radius 3 is 2.63 bits per heavy atom. The van der Waals surface area contributed by atoms with Crippen LogP contribution >= 0.6 is 0 Å². The Hall–Kier alpha value is -2.36. The van der Waals surface area contributed by atoms with E-state index in [4.69, 9.17) is 5.73 Å². The SMILES string of the molecule is Cc1nc(N)ccc1NC(=O)CCc1ccccc1. The lowest BCUT2D eigenvalue weighted by Crippen LogP contribution is -2.13. The summed E-state index contributed by atoms with van der Waals surface area (Å²) in [5.74, 6) is 0.443. The number of hydrogen-bond acceptors (Lipinski definition) is 3. The number of rotatable bonds is 4. The number of anilines is 2. The maximum atomic E-state index is 11.9. The van der Waals surface area contributed by atoms with Crippen LogP contribution in [0.3, 0.4) is 0 Å². The molecular formula is C15H17N3O. The molecule has 1 aromatic carbocycles. The van der Waals surface area contributed by atoms with Crippen LogP contribution in [-0.2, 0) is 11.2 Å². The maximum absolute atomic E-state index is 11.9. The van der Waals surface area contributed by atoms with Crippen LogP contribution in [0.15, 0.2) is 42.5 Å². The van der Waals surface area contributed by atoms with E-state index in [1.54, 1.807) is 12.1 Å². The number of aryl methyl sites for hydroxylation is 2. The van der Waals surface area contributed by atoms with Gasteiger partial charge in [0.1, 0.15) is 5.82 Å². The number of nitrogens with one attached hydrogen (secondary N) is 1. The number of benzene rings is 1. The summed E-state index contributed by atoms with van der Waals surface area (Å²) in [4.78, 5) is 16.0. The number of amides is 1. The molecule has 0 aliphatic carbocycles. The van der Waals surface area contributed by atoms with Gasteiger partial charge in [-0.2, -0.15) is 0 Å². The molecule has 3 N–H and O–H groups in total. The molecule has 98 valence electrons. The van der Waals surface area contributed by atoms with Gasteiger partial charge < -0.3 is 11.1 Å². The highest BCUT2D eigenvalue weighted by atomic mass is 16.1. The van der Waals surface area contributed by atoms with E-state index >= 15 is 0 Å². The molecule has 2 aromatic rings. The number of nitrogens with two attached hydrogens (primary N) is 1. The highest BCUT2D eigenvalue weighted by molar-refractivity contribution is 5.91. The summed E-state index contributed by atoms with van der Waals surface area (Å²) in [6, 6.07) is 13.4. The van der Waals surface area contributed by atoms with E-state index in [1.807, 2.05) is 37.3 Å². The number of nitrogen functional groups attached to an aromatic ring is 1. The first kappa shape index (κ1) is 13.1. The van der Waals surface area contributed by atoms with Gasteiger partial charge >= 0.3 is 0 Å². The molecule has 0 aliphatic heterocycles. The van der Waals surface area contributed by atoms with Crippen LogP contribution in [-0.4, -0.2) is 10.9 Å². The molecule has 0 saturated heterocycles. The van der Waals surface area contributed by atoms with Crippen molar-refractivity contribution >= 4 is 17.4 Å². The summed E-state index contributed by atoms with van der Waals surface area (Å²) in [5.41, 5.74) is 8.17. The normalized spacial score (nSPS) is 10.2. The van der Waals surface area contributed by atoms with E-state index in [0.717, 1.165) is 17.7 Å². The van der Waals surface area contributed by atoms with Crippen molar-refractivity contribution in [2.24, 2.45) is 0 Å². The fraction of sp³-hybridized carbons (Fsp3) is 0.200. The summed E-state index contributed by atoms with van der Waals surface area (Å²) in [5, 5.41) is 2.85. The predicted molar refractivity (Wildman–Crippen MR) is 76.8 cm³/mol. The lowest BCUT2D eigenvalue weighted by Gasteiger charge is -2.08. The average molecular weight is 255 g/mol. The third-order valence-electron chi connectivity index (χ3n) is 2.87. The Morgan fingerprint density at radius 1 is 1.21 bits per heavy atom. The fourth-order valence-corrected chi connectivity index (χ4v) is 1.83. The van der Waals surface area contributed by atoms with Crippen molar-refractivity contribution in [2.75, 3.05) is 11.1 Å². The molecule has 0 atom stereocenters. The van der Waals surface area contributed by atoms with Crippen molar-refractivity contribution in [3.8, 4) is 0 Å². The van der Waals surface area contributed by atoms with Crippen LogP contribution in [0, 0.1) is 6.92 Å². The van der Waals surface area contributed by atoms with E-state index < -0.39 is 0 Å². The smallest absolute Gasteiger partial charge is 0.224 e. The monoisotopic (exact) mass is 255 g/mol. The van der Waals surface area contributed by atoms with Crippen molar-refractivity contribution in [3.63, 3.8) is 0 Å². The van der Waals surface area contributed by atoms with E-state index in [0.29, 0.717) is 17.9 Å². The van der Waals surface area contributed by atoms with Gasteiger partial charge in [-0.15, -0.1) is 0 Å². The number of carbonyl (C=O) groups excluding carboxylic acids is 1. The molecule has 0 unspecified atom stereocenters. The molecule has 19 heavy (non-hydrogen) atoms. The zero-order valence-electron chi connectivity index (χ0n) is 10.9. The Balaban J connectivity index is 1.91. The Labute approximate surface area is 112 Å². The molecule has 1 aromatic heterocycles. The maximum Gasteiger partial charge on any atom is 0.224 e. The summed E-state index contributed by atoms with van der Waals surface area (Å²) < 4.78 is 0. The van der Waals surface area contributed by atoms with Gasteiger partial charge in [-0.1, -0.05) is 30.3 Å². The summed E-state index contributed by atoms with van der Waals surface area (Å²) >= 11 is 0. The zero-order valence-corrected chi connectivity index (χ0v) is 10.9. The Kier molecular flexibility index (Phi) is 4.13. The molecule has 2 rings (SSSR count). The molecule has 1 amide bonds. The van der Waals surface area contributed by atoms with E-state index in [9.17, 15) is 4.79 Å². The second-order valence-electron chi connectivity index (χ2n) is 4.40. The van der Waals surface area contributed by atoms with Crippen LogP contribution in [0.2, 0.25) is 0 Å². The van der Waals surface area contributed by atoms with Crippen LogP contribution < -0.4 is 11.1 Å². The molecule has 1 heterocycles. The number of pyridine rings is 1. The van der Waals surface area contributed by atoms with Crippen molar-refractivity contribution in [3.05, 3.63) is 53.7 Å². The van der Waals surface area contributed by atoms with Gasteiger partial charge in [0.05, 0.1) is 11.4 Å². The van der Waals surface area contributed by atoms with E-state index in [-0.39, 0.29) is 5.91 Å². The van der Waals surface area contributed by atoms with Crippen molar-refractivity contribution in [2.45, 2.75) is 19.8 Å². The first-order chi connectivity index (χ1) is 9.15. The lowest BCUT2D eigenvalue weighted by atomic mass is 10.1. The van der Waals surface area contributed by atoms with Gasteiger partial charge in [0.15, 0.2) is 0 Å². The Morgan fingerprint density at radius 2 is 1.95 bits per heavy atom. The summed E-state index contributed by atoms with van der Waals surface area (Å²) in [6.07, 6.45) is 1.18. The molecule has 0 fully saturated rings. The molecule has 0 bridgehead atoms. The third-order valence-corrected chi connectivity index (χ3v) is 2.87. The van der Waals surface area contributed by atoms with Crippen LogP contribution in [0.4, 0.5) is 11.5 Å². The van der Waals surface area contributed by atoms with Gasteiger partial charge in [-0.3, -0.25) is 4.79 Å². The highest BCUT2D eigenvalue weighted by Crippen LogP contribution is 2.14. The van der Waals surface area contributed by atoms with Gasteiger partial charge in [0.25, 0.3) is 0 Å². The topological polar surface area (TPSA) is 68.0 Å². The second kappa shape index (κ2) is 6.00. The minimum absolute atomic E-state index is 0.0153. The van der Waals surface area contributed by atoms with Crippen LogP contribution in [0.1, 0.15) is 17.7 Å². The molecule has 0 aliphatic rings. The van der Waals surface area contributed by atoms with Crippen molar-refractivity contribution in [1.82, 2.24) is 4.98 Å². The molecule has 0 radical (unpaired) electrons. The number of nitrogens with zero attached hydrogens (tertiary/aromatic N) is 1. The Bertz CT molecular complexity index is 567. The summed E-state index contributed by atoms with van der Waals surface area (Å²) in [7, 11) is 0. The highest BCUT2D eigenvalue weighted by Gasteiger charge is 2.06. The standard InChI is InChI=1S/C15H17N3O/c1-11-13(8-9-14(16)17-11)18-15(19)10-7-12-5-3-2-4-6-12/h2-6,8-9H,7,10H2,1H3,(H2,16,17)(H,18,19). The van der Waals surface area contributed by atoms with Crippen molar-refractivity contribution < 1.29 is 4.79 Å². The molecule has 4 heteroatoms. The lowest BCUT2D eigenvalue weighted by molar-refractivity contribution is -0.116. The summed E-state index contributed by atoms with van der Waals surface area (Å²) in [6.45, 7) is 1.82. The van der Waals surface area contributed by atoms with E-state index in [2.05, 4.69) is 10.3 Å². The van der Waals surface area contributed by atoms with Crippen LogP contribution in [0.5, 0.6) is 0 Å². The quantitative estimate of drug-likeness (QED) is 0.882. The molecule has 4 nitrogen and oxygen atoms in total. The van der Waals surface area contributed by atoms with Crippen molar-refractivity contribution in [1.29, 1.82) is 0 Å². The fourth-order valence-electron chi connectivity index (χ4n) is 1.83. The molecular weight excluding hydrogens is 238 g/mol. The first-order valence-corrected chi connectivity index (χ1v) is 6.22. The largest absolute Gasteiger partial charge is 0.384 e. The number of aromatic nitrogens is 1. The van der Waals surface area contributed by atoms with Gasteiger partial charge in [0.2, 0.25) is 5.91 Å². The van der Waals surface area contributed by atoms with E-state index in [1.165, 1.54) is 0 Å². The van der Waals surface area contributed by atoms with Gasteiger partial charge in [-0.25, -0.2) is 4.98 Å². The number of hydrogen-bond donors (Lipinski definition) is 2. The van der Waals surface area contributed by atoms with Gasteiger partial charge in [-0.05, 0) is 31.0 Å². The first-order valence-electron chi connectivity index (χ1n) is 6.22. The minimum Gasteiger partial charge on any atom is -0.384 e. The average Bonchev–Trinajstić information content (AvgIpc) is 2.41. The van der Waals surface area contributed by atoms with Gasteiger partial charge in [0, 0.05) is 6.42 Å². The molecule has 0 spiro atoms.